The summed E-state index contributed by atoms with van der Waals surface area (Å²) < 4.78 is 2.62. The molecule has 3 rings (SSSR count). The van der Waals surface area contributed by atoms with Gasteiger partial charge in [0.25, 0.3) is 0 Å². The third-order valence-electron chi connectivity index (χ3n) is 4.47. The Kier molecular flexibility index (Phi) is 4.21. The second kappa shape index (κ2) is 6.13. The van der Waals surface area contributed by atoms with Gasteiger partial charge in [0.1, 0.15) is 6.54 Å². The molecule has 1 fully saturated rings. The molecule has 1 heterocycles. The number of aromatic nitrogens is 1. The van der Waals surface area contributed by atoms with Crippen LogP contribution in [0.2, 0.25) is 0 Å². The highest BCUT2D eigenvalue weighted by Crippen LogP contribution is 2.42. The van der Waals surface area contributed by atoms with Gasteiger partial charge in [0.15, 0.2) is 0 Å². The van der Waals surface area contributed by atoms with E-state index in [0.717, 1.165) is 28.3 Å². The molecule has 0 bridgehead atoms. The number of halogens is 1. The van der Waals surface area contributed by atoms with E-state index in [1.54, 1.807) is 10.6 Å². The van der Waals surface area contributed by atoms with Crippen LogP contribution in [0.5, 0.6) is 0 Å². The average Bonchev–Trinajstić information content (AvgIpc) is 2.79. The van der Waals surface area contributed by atoms with Crippen molar-refractivity contribution in [1.82, 2.24) is 4.57 Å². The lowest BCUT2D eigenvalue weighted by Gasteiger charge is -2.22. The maximum absolute atomic E-state index is 11.2. The van der Waals surface area contributed by atoms with Crippen LogP contribution in [0.25, 0.3) is 10.9 Å². The number of hydrogen-bond donors (Lipinski definition) is 1. The van der Waals surface area contributed by atoms with Crippen molar-refractivity contribution in [3.8, 4) is 6.07 Å². The number of carboxylic acids is 1. The first kappa shape index (κ1) is 15.1. The third kappa shape index (κ3) is 2.64. The van der Waals surface area contributed by atoms with Crippen molar-refractivity contribution < 1.29 is 9.90 Å². The maximum atomic E-state index is 11.2. The molecule has 1 saturated carbocycles. The van der Waals surface area contributed by atoms with E-state index in [1.165, 1.54) is 24.8 Å². The van der Waals surface area contributed by atoms with Gasteiger partial charge in [0.2, 0.25) is 0 Å². The quantitative estimate of drug-likeness (QED) is 0.881. The van der Waals surface area contributed by atoms with Crippen molar-refractivity contribution in [1.29, 1.82) is 5.26 Å². The average molecular weight is 361 g/mol. The molecule has 114 valence electrons. The Labute approximate surface area is 137 Å². The van der Waals surface area contributed by atoms with Crippen molar-refractivity contribution in [3.05, 3.63) is 33.9 Å². The Hall–Kier alpha value is -1.80. The number of nitrogens with zero attached hydrogens (tertiary/aromatic N) is 2. The maximum Gasteiger partial charge on any atom is 0.323 e. The summed E-state index contributed by atoms with van der Waals surface area (Å²) in [4.78, 5) is 11.2. The van der Waals surface area contributed by atoms with Crippen molar-refractivity contribution >= 4 is 32.8 Å². The summed E-state index contributed by atoms with van der Waals surface area (Å²) >= 11 is 3.62. The van der Waals surface area contributed by atoms with E-state index in [-0.39, 0.29) is 6.54 Å². The largest absolute Gasteiger partial charge is 0.480 e. The number of aliphatic carboxylic acids is 1. The fourth-order valence-electron chi connectivity index (χ4n) is 3.48. The number of fused-ring (bicyclic) bond motifs is 1. The summed E-state index contributed by atoms with van der Waals surface area (Å²) in [7, 11) is 0. The van der Waals surface area contributed by atoms with Gasteiger partial charge in [-0.2, -0.15) is 5.26 Å². The van der Waals surface area contributed by atoms with Crippen LogP contribution in [-0.2, 0) is 11.3 Å². The van der Waals surface area contributed by atoms with E-state index in [9.17, 15) is 9.90 Å². The number of carboxylic acid groups (broad SMARTS) is 1. The standard InChI is InChI=1S/C17H17BrN2O2/c18-17-16(12-4-2-1-3-5-12)13-7-6-11(9-19)8-14(13)20(17)10-15(21)22/h6-8,12H,1-5,10H2,(H,21,22). The van der Waals surface area contributed by atoms with Gasteiger partial charge >= 0.3 is 5.97 Å². The second-order valence-corrected chi connectivity index (χ2v) is 6.61. The predicted octanol–water partition coefficient (Wildman–Crippen LogP) is 4.41. The van der Waals surface area contributed by atoms with Gasteiger partial charge in [-0.1, -0.05) is 25.3 Å². The molecule has 2 aromatic rings. The predicted molar refractivity (Wildman–Crippen MR) is 87.8 cm³/mol. The second-order valence-electron chi connectivity index (χ2n) is 5.86. The smallest absolute Gasteiger partial charge is 0.323 e. The minimum absolute atomic E-state index is 0.0985. The molecule has 1 aliphatic rings. The molecular formula is C17H17BrN2O2. The molecule has 0 radical (unpaired) electrons. The molecule has 4 nitrogen and oxygen atoms in total. The number of benzene rings is 1. The summed E-state index contributed by atoms with van der Waals surface area (Å²) in [5, 5.41) is 19.4. The molecule has 1 aromatic carbocycles. The molecule has 0 unspecified atom stereocenters. The molecule has 1 N–H and O–H groups in total. The lowest BCUT2D eigenvalue weighted by molar-refractivity contribution is -0.137. The van der Waals surface area contributed by atoms with Crippen molar-refractivity contribution in [2.24, 2.45) is 0 Å². The topological polar surface area (TPSA) is 66.0 Å². The molecule has 1 aromatic heterocycles. The van der Waals surface area contributed by atoms with Crippen LogP contribution in [0.4, 0.5) is 0 Å². The van der Waals surface area contributed by atoms with E-state index in [4.69, 9.17) is 5.26 Å². The summed E-state index contributed by atoms with van der Waals surface area (Å²) in [6, 6.07) is 7.69. The van der Waals surface area contributed by atoms with Crippen LogP contribution in [0, 0.1) is 11.3 Å². The fraction of sp³-hybridized carbons (Fsp3) is 0.412. The summed E-state index contributed by atoms with van der Waals surface area (Å²) in [5.41, 5.74) is 2.59. The number of carbonyl (C=O) groups is 1. The minimum Gasteiger partial charge on any atom is -0.480 e. The highest BCUT2D eigenvalue weighted by atomic mass is 79.9. The van der Waals surface area contributed by atoms with Crippen LogP contribution in [0.15, 0.2) is 22.8 Å². The Morgan fingerprint density at radius 2 is 2.09 bits per heavy atom. The zero-order valence-corrected chi connectivity index (χ0v) is 13.8. The SMILES string of the molecule is N#Cc1ccc2c(C3CCCCC3)c(Br)n(CC(=O)O)c2c1. The van der Waals surface area contributed by atoms with Crippen LogP contribution in [-0.4, -0.2) is 15.6 Å². The molecule has 0 amide bonds. The lowest BCUT2D eigenvalue weighted by Crippen LogP contribution is -2.10. The fourth-order valence-corrected chi connectivity index (χ4v) is 4.34. The van der Waals surface area contributed by atoms with E-state index < -0.39 is 5.97 Å². The summed E-state index contributed by atoms with van der Waals surface area (Å²) in [6.45, 7) is -0.0985. The molecule has 0 atom stereocenters. The molecule has 22 heavy (non-hydrogen) atoms. The van der Waals surface area contributed by atoms with E-state index >= 15 is 0 Å². The van der Waals surface area contributed by atoms with Crippen LogP contribution >= 0.6 is 15.9 Å². The van der Waals surface area contributed by atoms with E-state index in [1.807, 2.05) is 12.1 Å². The lowest BCUT2D eigenvalue weighted by atomic mass is 9.84. The van der Waals surface area contributed by atoms with E-state index in [0.29, 0.717) is 11.5 Å². The zero-order valence-electron chi connectivity index (χ0n) is 12.2. The van der Waals surface area contributed by atoms with E-state index in [2.05, 4.69) is 22.0 Å². The van der Waals surface area contributed by atoms with Crippen molar-refractivity contribution in [3.63, 3.8) is 0 Å². The highest BCUT2D eigenvalue weighted by Gasteiger charge is 2.25. The Bertz CT molecular complexity index is 767. The Balaban J connectivity index is 2.20. The molecule has 5 heteroatoms. The third-order valence-corrected chi connectivity index (χ3v) is 5.33. The Morgan fingerprint density at radius 1 is 1.36 bits per heavy atom. The van der Waals surface area contributed by atoms with Gasteiger partial charge in [-0.25, -0.2) is 0 Å². The highest BCUT2D eigenvalue weighted by molar-refractivity contribution is 9.10. The van der Waals surface area contributed by atoms with Gasteiger partial charge in [-0.05, 0) is 52.4 Å². The zero-order chi connectivity index (χ0) is 15.7. The van der Waals surface area contributed by atoms with Crippen LogP contribution < -0.4 is 0 Å². The van der Waals surface area contributed by atoms with Gasteiger partial charge in [-0.3, -0.25) is 4.79 Å². The van der Waals surface area contributed by atoms with Crippen molar-refractivity contribution in [2.45, 2.75) is 44.6 Å². The number of rotatable bonds is 3. The molecule has 0 saturated heterocycles. The summed E-state index contributed by atoms with van der Waals surface area (Å²) in [6.07, 6.45) is 6.01. The molecular weight excluding hydrogens is 344 g/mol. The first-order chi connectivity index (χ1) is 10.6. The number of nitriles is 1. The van der Waals surface area contributed by atoms with Gasteiger partial charge in [0.05, 0.1) is 21.8 Å². The normalized spacial score (nSPS) is 15.8. The Morgan fingerprint density at radius 3 is 2.73 bits per heavy atom. The van der Waals surface area contributed by atoms with Crippen LogP contribution in [0.1, 0.15) is 49.1 Å². The summed E-state index contributed by atoms with van der Waals surface area (Å²) in [5.74, 6) is -0.413. The first-order valence-corrected chi connectivity index (χ1v) is 8.34. The molecule has 0 spiro atoms. The van der Waals surface area contributed by atoms with Gasteiger partial charge in [0, 0.05) is 5.39 Å². The van der Waals surface area contributed by atoms with Crippen LogP contribution in [0.3, 0.4) is 0 Å². The molecule has 0 aliphatic heterocycles. The monoisotopic (exact) mass is 360 g/mol. The minimum atomic E-state index is -0.879. The molecule has 1 aliphatic carbocycles. The first-order valence-electron chi connectivity index (χ1n) is 7.55. The van der Waals surface area contributed by atoms with Gasteiger partial charge < -0.3 is 9.67 Å². The van der Waals surface area contributed by atoms with Gasteiger partial charge in [-0.15, -0.1) is 0 Å². The van der Waals surface area contributed by atoms with Crippen molar-refractivity contribution in [2.75, 3.05) is 0 Å². The number of hydrogen-bond acceptors (Lipinski definition) is 2.